The third-order valence-electron chi connectivity index (χ3n) is 2.93. The van der Waals surface area contributed by atoms with Crippen LogP contribution in [0.5, 0.6) is 5.75 Å². The highest BCUT2D eigenvalue weighted by molar-refractivity contribution is 5.94. The lowest BCUT2D eigenvalue weighted by molar-refractivity contribution is -0.384. The summed E-state index contributed by atoms with van der Waals surface area (Å²) in [6, 6.07) is 10.00. The van der Waals surface area contributed by atoms with Crippen LogP contribution < -0.4 is 16.6 Å². The normalized spacial score (nSPS) is 10.2. The largest absolute Gasteiger partial charge is 0.508 e. The quantitative estimate of drug-likeness (QED) is 0.374. The molecule has 1 amide bonds. The van der Waals surface area contributed by atoms with E-state index < -0.39 is 4.92 Å². The lowest BCUT2D eigenvalue weighted by atomic mass is 10.2. The second kappa shape index (κ2) is 6.55. The first-order chi connectivity index (χ1) is 10.5. The van der Waals surface area contributed by atoms with Crippen molar-refractivity contribution in [1.82, 2.24) is 10.9 Å². The number of aromatic hydroxyl groups is 1. The number of carbonyl (C=O) groups is 1. The van der Waals surface area contributed by atoms with Gasteiger partial charge in [0.05, 0.1) is 4.92 Å². The molecule has 0 fully saturated rings. The summed E-state index contributed by atoms with van der Waals surface area (Å²) in [4.78, 5) is 21.9. The molecule has 0 aliphatic rings. The van der Waals surface area contributed by atoms with Crippen LogP contribution in [-0.4, -0.2) is 15.9 Å². The Hall–Kier alpha value is -3.13. The van der Waals surface area contributed by atoms with Crippen molar-refractivity contribution in [1.29, 1.82) is 0 Å². The van der Waals surface area contributed by atoms with Gasteiger partial charge in [0.1, 0.15) is 5.75 Å². The third kappa shape index (κ3) is 3.70. The lowest BCUT2D eigenvalue weighted by Gasteiger charge is -2.09. The van der Waals surface area contributed by atoms with Gasteiger partial charge < -0.3 is 10.8 Å². The van der Waals surface area contributed by atoms with Crippen LogP contribution in [-0.2, 0) is 6.54 Å². The van der Waals surface area contributed by atoms with E-state index in [1.807, 2.05) is 0 Å². The van der Waals surface area contributed by atoms with Gasteiger partial charge >= 0.3 is 0 Å². The number of carbonyl (C=O) groups excluding carboxylic acids is 1. The number of nitrogens with two attached hydrogens (primary N) is 1. The van der Waals surface area contributed by atoms with Crippen molar-refractivity contribution in [3.05, 3.63) is 63.7 Å². The molecule has 0 radical (unpaired) electrons. The molecular weight excluding hydrogens is 288 g/mol. The smallest absolute Gasteiger partial charge is 0.270 e. The molecule has 2 aromatic carbocycles. The van der Waals surface area contributed by atoms with Gasteiger partial charge in [-0.3, -0.25) is 20.3 Å². The van der Waals surface area contributed by atoms with Gasteiger partial charge in [0.25, 0.3) is 11.6 Å². The number of phenols is 1. The fourth-order valence-corrected chi connectivity index (χ4v) is 1.75. The second-order valence-electron chi connectivity index (χ2n) is 4.50. The van der Waals surface area contributed by atoms with E-state index in [9.17, 15) is 20.0 Å². The molecule has 0 saturated carbocycles. The van der Waals surface area contributed by atoms with Gasteiger partial charge in [0, 0.05) is 35.5 Å². The maximum Gasteiger partial charge on any atom is 0.270 e. The number of rotatable bonds is 5. The highest BCUT2D eigenvalue weighted by atomic mass is 16.6. The number of nitrogens with zero attached hydrogens (tertiary/aromatic N) is 1. The lowest BCUT2D eigenvalue weighted by Crippen LogP contribution is -2.36. The van der Waals surface area contributed by atoms with Crippen molar-refractivity contribution in [3.8, 4) is 5.75 Å². The van der Waals surface area contributed by atoms with Gasteiger partial charge in [-0.2, -0.15) is 0 Å². The van der Waals surface area contributed by atoms with Crippen molar-refractivity contribution in [2.75, 3.05) is 5.73 Å². The summed E-state index contributed by atoms with van der Waals surface area (Å²) in [5.41, 5.74) is 11.7. The Bertz CT molecular complexity index is 700. The zero-order valence-corrected chi connectivity index (χ0v) is 11.4. The van der Waals surface area contributed by atoms with Crippen LogP contribution >= 0.6 is 0 Å². The van der Waals surface area contributed by atoms with Crippen LogP contribution in [0.3, 0.4) is 0 Å². The SMILES string of the molecule is Nc1ccc(C(=O)NNCc2cc([N+](=O)[O-])ccc2O)cc1. The van der Waals surface area contributed by atoms with E-state index >= 15 is 0 Å². The molecule has 2 rings (SSSR count). The first-order valence-corrected chi connectivity index (χ1v) is 6.32. The molecule has 0 bridgehead atoms. The first kappa shape index (κ1) is 15.3. The van der Waals surface area contributed by atoms with Crippen LogP contribution in [0.1, 0.15) is 15.9 Å². The molecule has 0 atom stereocenters. The number of nitro benzene ring substituents is 1. The molecule has 0 heterocycles. The van der Waals surface area contributed by atoms with Crippen LogP contribution in [0, 0.1) is 10.1 Å². The van der Waals surface area contributed by atoms with Crippen molar-refractivity contribution in [2.45, 2.75) is 6.54 Å². The van der Waals surface area contributed by atoms with Gasteiger partial charge in [-0.1, -0.05) is 0 Å². The summed E-state index contributed by atoms with van der Waals surface area (Å²) in [6.07, 6.45) is 0. The number of phenolic OH excluding ortho intramolecular Hbond substituents is 1. The Labute approximate surface area is 125 Å². The Kier molecular flexibility index (Phi) is 4.54. The van der Waals surface area contributed by atoms with Crippen molar-refractivity contribution in [3.63, 3.8) is 0 Å². The molecule has 0 aromatic heterocycles. The zero-order chi connectivity index (χ0) is 16.1. The van der Waals surface area contributed by atoms with Gasteiger partial charge in [-0.25, -0.2) is 5.43 Å². The monoisotopic (exact) mass is 302 g/mol. The number of amides is 1. The fraction of sp³-hybridized carbons (Fsp3) is 0.0714. The number of anilines is 1. The topological polar surface area (TPSA) is 131 Å². The summed E-state index contributed by atoms with van der Waals surface area (Å²) >= 11 is 0. The van der Waals surface area contributed by atoms with E-state index in [1.54, 1.807) is 24.3 Å². The Morgan fingerprint density at radius 1 is 1.23 bits per heavy atom. The average Bonchev–Trinajstić information content (AvgIpc) is 2.49. The minimum atomic E-state index is -0.560. The summed E-state index contributed by atoms with van der Waals surface area (Å²) in [6.45, 7) is 0.0359. The number of non-ortho nitro benzene ring substituents is 1. The van der Waals surface area contributed by atoms with E-state index in [0.29, 0.717) is 16.8 Å². The van der Waals surface area contributed by atoms with Gasteiger partial charge in [-0.05, 0) is 30.3 Å². The minimum Gasteiger partial charge on any atom is -0.508 e. The number of hydrazine groups is 1. The molecule has 0 saturated heterocycles. The Morgan fingerprint density at radius 2 is 1.91 bits per heavy atom. The molecule has 0 aliphatic heterocycles. The number of benzene rings is 2. The average molecular weight is 302 g/mol. The number of nitrogens with one attached hydrogen (secondary N) is 2. The van der Waals surface area contributed by atoms with Gasteiger partial charge in [0.2, 0.25) is 0 Å². The molecule has 8 heteroatoms. The maximum atomic E-state index is 11.8. The van der Waals surface area contributed by atoms with Crippen LogP contribution in [0.15, 0.2) is 42.5 Å². The standard InChI is InChI=1S/C14H14N4O4/c15-11-3-1-9(2-4-11)14(20)17-16-8-10-7-12(18(21)22)5-6-13(10)19/h1-7,16,19H,8,15H2,(H,17,20). The van der Waals surface area contributed by atoms with Crippen LogP contribution in [0.25, 0.3) is 0 Å². The van der Waals surface area contributed by atoms with Crippen molar-refractivity contribution in [2.24, 2.45) is 0 Å². The molecule has 0 unspecified atom stereocenters. The van der Waals surface area contributed by atoms with Crippen LogP contribution in [0.2, 0.25) is 0 Å². The molecule has 22 heavy (non-hydrogen) atoms. The summed E-state index contributed by atoms with van der Waals surface area (Å²) in [5.74, 6) is -0.482. The van der Waals surface area contributed by atoms with Gasteiger partial charge in [0.15, 0.2) is 0 Å². The number of nitro groups is 1. The molecule has 0 aliphatic carbocycles. The first-order valence-electron chi connectivity index (χ1n) is 6.32. The number of nitrogen functional groups attached to an aromatic ring is 1. The van der Waals surface area contributed by atoms with E-state index in [2.05, 4.69) is 10.9 Å². The van der Waals surface area contributed by atoms with Gasteiger partial charge in [-0.15, -0.1) is 0 Å². The van der Waals surface area contributed by atoms with Crippen molar-refractivity contribution >= 4 is 17.3 Å². The molecule has 0 spiro atoms. The number of hydrogen-bond donors (Lipinski definition) is 4. The van der Waals surface area contributed by atoms with E-state index in [1.165, 1.54) is 18.2 Å². The molecule has 114 valence electrons. The molecule has 8 nitrogen and oxygen atoms in total. The fourth-order valence-electron chi connectivity index (χ4n) is 1.75. The Morgan fingerprint density at radius 3 is 2.55 bits per heavy atom. The maximum absolute atomic E-state index is 11.8. The predicted octanol–water partition coefficient (Wildman–Crippen LogP) is 1.32. The molecule has 2 aromatic rings. The zero-order valence-electron chi connectivity index (χ0n) is 11.4. The Balaban J connectivity index is 1.96. The summed E-state index contributed by atoms with van der Waals surface area (Å²) in [5, 5.41) is 20.3. The molecule has 5 N–H and O–H groups in total. The molecular formula is C14H14N4O4. The summed E-state index contributed by atoms with van der Waals surface area (Å²) in [7, 11) is 0. The van der Waals surface area contributed by atoms with E-state index in [4.69, 9.17) is 5.73 Å². The number of hydrogen-bond acceptors (Lipinski definition) is 6. The summed E-state index contributed by atoms with van der Waals surface area (Å²) < 4.78 is 0. The van der Waals surface area contributed by atoms with Crippen molar-refractivity contribution < 1.29 is 14.8 Å². The third-order valence-corrected chi connectivity index (χ3v) is 2.93. The van der Waals surface area contributed by atoms with E-state index in [-0.39, 0.29) is 23.9 Å². The second-order valence-corrected chi connectivity index (χ2v) is 4.50. The van der Waals surface area contributed by atoms with Crippen LogP contribution in [0.4, 0.5) is 11.4 Å². The van der Waals surface area contributed by atoms with E-state index in [0.717, 1.165) is 0 Å². The highest BCUT2D eigenvalue weighted by Gasteiger charge is 2.10. The minimum absolute atomic E-state index is 0.0359. The highest BCUT2D eigenvalue weighted by Crippen LogP contribution is 2.22. The predicted molar refractivity (Wildman–Crippen MR) is 79.9 cm³/mol.